The van der Waals surface area contributed by atoms with Crippen LogP contribution in [0.1, 0.15) is 33.6 Å². The van der Waals surface area contributed by atoms with Gasteiger partial charge >= 0.3 is 5.69 Å². The van der Waals surface area contributed by atoms with Crippen LogP contribution in [0.15, 0.2) is 9.59 Å². The number of carbonyl (C=O) groups excluding carboxylic acids is 1. The van der Waals surface area contributed by atoms with E-state index < -0.39 is 11.2 Å². The molecule has 1 aromatic rings. The van der Waals surface area contributed by atoms with E-state index in [0.29, 0.717) is 19.6 Å². The van der Waals surface area contributed by atoms with E-state index in [1.54, 1.807) is 0 Å². The van der Waals surface area contributed by atoms with Crippen LogP contribution < -0.4 is 21.9 Å². The number of aromatic amines is 1. The number of H-pyrrole nitrogens is 1. The van der Waals surface area contributed by atoms with E-state index in [1.165, 1.54) is 9.47 Å². The number of quaternary nitrogens is 1. The second-order valence-electron chi connectivity index (χ2n) is 8.91. The summed E-state index contributed by atoms with van der Waals surface area (Å²) in [5.41, 5.74) is 5.30. The number of nitrogens with one attached hydrogen (secondary N) is 1. The highest BCUT2D eigenvalue weighted by Gasteiger charge is 2.41. The van der Waals surface area contributed by atoms with E-state index in [2.05, 4.69) is 9.88 Å². The molecule has 0 unspecified atom stereocenters. The van der Waals surface area contributed by atoms with Crippen LogP contribution in [0.2, 0.25) is 0 Å². The molecule has 4 rings (SSSR count). The van der Waals surface area contributed by atoms with Crippen molar-refractivity contribution in [1.82, 2.24) is 14.5 Å². The van der Waals surface area contributed by atoms with Gasteiger partial charge in [-0.05, 0) is 12.3 Å². The number of anilines is 2. The minimum atomic E-state index is -0.583. The Bertz CT molecular complexity index is 837. The van der Waals surface area contributed by atoms with Crippen molar-refractivity contribution >= 4 is 17.4 Å². The first-order chi connectivity index (χ1) is 13.8. The molecule has 0 radical (unpaired) electrons. The summed E-state index contributed by atoms with van der Waals surface area (Å²) in [7, 11) is 0. The van der Waals surface area contributed by atoms with E-state index in [9.17, 15) is 14.4 Å². The highest BCUT2D eigenvalue weighted by molar-refractivity contribution is 5.96. The molecule has 0 aromatic carbocycles. The number of carbonyl (C=O) groups is 1. The molecular weight excluding hydrogens is 372 g/mol. The smallest absolute Gasteiger partial charge is 0.330 e. The van der Waals surface area contributed by atoms with E-state index >= 15 is 0 Å². The van der Waals surface area contributed by atoms with Gasteiger partial charge in [-0.3, -0.25) is 28.9 Å². The second-order valence-corrected chi connectivity index (χ2v) is 8.91. The lowest BCUT2D eigenvalue weighted by Crippen LogP contribution is -2.69. The summed E-state index contributed by atoms with van der Waals surface area (Å²) in [4.78, 5) is 44.7. The predicted molar refractivity (Wildman–Crippen MR) is 114 cm³/mol. The molecule has 1 aromatic heterocycles. The average molecular weight is 408 g/mol. The largest absolute Gasteiger partial charge is 0.383 e. The van der Waals surface area contributed by atoms with Gasteiger partial charge in [0.05, 0.1) is 19.6 Å². The topological polar surface area (TPSA) is 104 Å². The van der Waals surface area contributed by atoms with Gasteiger partial charge in [-0.25, -0.2) is 4.79 Å². The standard InChI is InChI=1S/C20H34N6O3/c1-4-5-6-24(16(27)14-26-10-7-23(8-11-26)9-12-26)17-18(21)25(13-15(2)3)20(29)22-19(17)28/h15H,4-14H2,1-3H3,(H2-,21,22,28,29)/p+1. The number of amides is 1. The van der Waals surface area contributed by atoms with Crippen molar-refractivity contribution < 1.29 is 9.28 Å². The number of aromatic nitrogens is 2. The second kappa shape index (κ2) is 8.71. The number of nitrogens with two attached hydrogens (primary N) is 1. The van der Waals surface area contributed by atoms with Gasteiger partial charge in [-0.2, -0.15) is 0 Å². The molecule has 3 N–H and O–H groups in total. The molecule has 9 nitrogen and oxygen atoms in total. The van der Waals surface area contributed by atoms with Gasteiger partial charge in [0.2, 0.25) is 0 Å². The summed E-state index contributed by atoms with van der Waals surface area (Å²) in [5.74, 6) is 0.178. The molecule has 0 aliphatic carbocycles. The minimum Gasteiger partial charge on any atom is -0.383 e. The molecule has 3 aliphatic rings. The molecular formula is C20H35N6O3+. The Morgan fingerprint density at radius 1 is 1.21 bits per heavy atom. The lowest BCUT2D eigenvalue weighted by Gasteiger charge is -2.50. The molecule has 9 heteroatoms. The number of rotatable bonds is 8. The fourth-order valence-electron chi connectivity index (χ4n) is 4.40. The van der Waals surface area contributed by atoms with Crippen molar-refractivity contribution in [2.75, 3.05) is 63.0 Å². The van der Waals surface area contributed by atoms with Crippen LogP contribution in [-0.2, 0) is 11.3 Å². The zero-order valence-electron chi connectivity index (χ0n) is 17.9. The van der Waals surface area contributed by atoms with Crippen molar-refractivity contribution in [3.63, 3.8) is 0 Å². The number of unbranched alkanes of at least 4 members (excludes halogenated alkanes) is 1. The van der Waals surface area contributed by atoms with Crippen molar-refractivity contribution in [2.24, 2.45) is 5.92 Å². The third kappa shape index (κ3) is 4.56. The monoisotopic (exact) mass is 407 g/mol. The van der Waals surface area contributed by atoms with Gasteiger partial charge in [-0.1, -0.05) is 27.2 Å². The summed E-state index contributed by atoms with van der Waals surface area (Å²) in [6.07, 6.45) is 1.66. The lowest BCUT2D eigenvalue weighted by molar-refractivity contribution is -0.933. The van der Waals surface area contributed by atoms with Crippen LogP contribution in [0, 0.1) is 5.92 Å². The zero-order chi connectivity index (χ0) is 21.2. The molecule has 0 spiro atoms. The number of piperazine rings is 3. The van der Waals surface area contributed by atoms with Gasteiger partial charge in [0.15, 0.2) is 12.2 Å². The number of nitrogens with zero attached hydrogens (tertiary/aromatic N) is 4. The summed E-state index contributed by atoms with van der Waals surface area (Å²) in [6, 6.07) is 0. The Hall–Kier alpha value is -2.13. The van der Waals surface area contributed by atoms with Gasteiger partial charge < -0.3 is 10.2 Å². The van der Waals surface area contributed by atoms with Crippen LogP contribution in [0.25, 0.3) is 0 Å². The first-order valence-corrected chi connectivity index (χ1v) is 10.8. The van der Waals surface area contributed by atoms with Gasteiger partial charge in [0, 0.05) is 32.7 Å². The number of hydrogen-bond acceptors (Lipinski definition) is 5. The predicted octanol–water partition coefficient (Wildman–Crippen LogP) is 0.0539. The van der Waals surface area contributed by atoms with Crippen LogP contribution in [-0.4, -0.2) is 77.2 Å². The molecule has 29 heavy (non-hydrogen) atoms. The molecule has 0 atom stereocenters. The summed E-state index contributed by atoms with van der Waals surface area (Å²) in [5, 5.41) is 0. The number of fused-ring (bicyclic) bond motifs is 3. The van der Waals surface area contributed by atoms with Crippen LogP contribution in [0.3, 0.4) is 0 Å². The molecule has 3 saturated heterocycles. The van der Waals surface area contributed by atoms with Crippen LogP contribution >= 0.6 is 0 Å². The van der Waals surface area contributed by atoms with Crippen molar-refractivity contribution in [1.29, 1.82) is 0 Å². The zero-order valence-corrected chi connectivity index (χ0v) is 17.9. The molecule has 4 heterocycles. The van der Waals surface area contributed by atoms with Gasteiger partial charge in [0.1, 0.15) is 5.82 Å². The Labute approximate surface area is 171 Å². The molecule has 3 aliphatic heterocycles. The highest BCUT2D eigenvalue weighted by atomic mass is 16.2. The van der Waals surface area contributed by atoms with E-state index in [4.69, 9.17) is 5.73 Å². The summed E-state index contributed by atoms with van der Waals surface area (Å²) < 4.78 is 2.15. The van der Waals surface area contributed by atoms with Gasteiger partial charge in [-0.15, -0.1) is 0 Å². The first-order valence-electron chi connectivity index (χ1n) is 10.8. The van der Waals surface area contributed by atoms with Gasteiger partial charge in [0.25, 0.3) is 11.5 Å². The highest BCUT2D eigenvalue weighted by Crippen LogP contribution is 2.23. The third-order valence-corrected chi connectivity index (χ3v) is 6.21. The van der Waals surface area contributed by atoms with E-state index in [-0.39, 0.29) is 23.3 Å². The average Bonchev–Trinajstić information content (AvgIpc) is 2.68. The maximum absolute atomic E-state index is 13.4. The molecule has 2 bridgehead atoms. The normalized spacial score (nSPS) is 23.5. The number of nitrogen functional groups attached to an aromatic ring is 1. The fraction of sp³-hybridized carbons (Fsp3) is 0.750. The SMILES string of the molecule is CCCCN(C(=O)C[N+]12CCN(CC1)CC2)c1c(N)n(CC(C)C)c(=O)[nH]c1=O. The Morgan fingerprint density at radius 2 is 1.83 bits per heavy atom. The molecule has 0 saturated carbocycles. The number of hydrogen-bond donors (Lipinski definition) is 2. The van der Waals surface area contributed by atoms with Crippen LogP contribution in [0.5, 0.6) is 0 Å². The van der Waals surface area contributed by atoms with E-state index in [0.717, 1.165) is 56.6 Å². The van der Waals surface area contributed by atoms with Crippen molar-refractivity contribution in [2.45, 2.75) is 40.2 Å². The maximum Gasteiger partial charge on any atom is 0.330 e. The Balaban J connectivity index is 1.95. The summed E-state index contributed by atoms with van der Waals surface area (Å²) in [6.45, 7) is 13.1. The minimum absolute atomic E-state index is 0.0826. The molecule has 162 valence electrons. The van der Waals surface area contributed by atoms with Crippen molar-refractivity contribution in [3.8, 4) is 0 Å². The fourth-order valence-corrected chi connectivity index (χ4v) is 4.40. The Morgan fingerprint density at radius 3 is 2.38 bits per heavy atom. The molecule has 3 fully saturated rings. The quantitative estimate of drug-likeness (QED) is 0.593. The molecule has 1 amide bonds. The van der Waals surface area contributed by atoms with Crippen LogP contribution in [0.4, 0.5) is 11.5 Å². The van der Waals surface area contributed by atoms with E-state index in [1.807, 2.05) is 20.8 Å². The lowest BCUT2D eigenvalue weighted by atomic mass is 10.1. The Kier molecular flexibility index (Phi) is 6.48. The maximum atomic E-state index is 13.4. The van der Waals surface area contributed by atoms with Crippen molar-refractivity contribution in [3.05, 3.63) is 20.8 Å². The first kappa shape index (κ1) is 21.6. The summed E-state index contributed by atoms with van der Waals surface area (Å²) >= 11 is 0. The third-order valence-electron chi connectivity index (χ3n) is 6.21.